The summed E-state index contributed by atoms with van der Waals surface area (Å²) in [5.41, 5.74) is 5.42. The fraction of sp³-hybridized carbons (Fsp3) is 0.385. The van der Waals surface area contributed by atoms with Gasteiger partial charge >= 0.3 is 0 Å². The topological polar surface area (TPSA) is 72.9 Å². The molecular formula is C26H33N3O3. The predicted octanol–water partition coefficient (Wildman–Crippen LogP) is 4.11. The Kier molecular flexibility index (Phi) is 8.20. The Morgan fingerprint density at radius 1 is 1.09 bits per heavy atom. The van der Waals surface area contributed by atoms with E-state index in [1.54, 1.807) is 11.6 Å². The van der Waals surface area contributed by atoms with Crippen LogP contribution < -0.4 is 10.4 Å². The van der Waals surface area contributed by atoms with Crippen LogP contribution in [0, 0.1) is 0 Å². The number of hydrogen-bond donors (Lipinski definition) is 2. The normalized spacial score (nSPS) is 15.8. The minimum Gasteiger partial charge on any atom is -0.371 e. The molecule has 1 aliphatic heterocycles. The van der Waals surface area contributed by atoms with Gasteiger partial charge in [-0.15, -0.1) is 0 Å². The summed E-state index contributed by atoms with van der Waals surface area (Å²) in [6.45, 7) is 4.14. The first kappa shape index (κ1) is 23.7. The van der Waals surface area contributed by atoms with Crippen molar-refractivity contribution in [3.8, 4) is 0 Å². The van der Waals surface area contributed by atoms with Gasteiger partial charge < -0.3 is 9.80 Å². The van der Waals surface area contributed by atoms with Gasteiger partial charge in [0.2, 0.25) is 0 Å². The number of anilines is 1. The van der Waals surface area contributed by atoms with Crippen LogP contribution in [0.1, 0.15) is 53.6 Å². The molecule has 0 aliphatic carbocycles. The van der Waals surface area contributed by atoms with Crippen molar-refractivity contribution in [2.75, 3.05) is 32.1 Å². The smallest absolute Gasteiger partial charge is 0.267 e. The van der Waals surface area contributed by atoms with E-state index in [9.17, 15) is 9.59 Å². The quantitative estimate of drug-likeness (QED) is 0.283. The number of ketones is 1. The maximum Gasteiger partial charge on any atom is 0.267 e. The number of rotatable bonds is 8. The summed E-state index contributed by atoms with van der Waals surface area (Å²) in [5, 5.41) is 8.53. The summed E-state index contributed by atoms with van der Waals surface area (Å²) in [6, 6.07) is 16.4. The highest BCUT2D eigenvalue weighted by atomic mass is 16.5. The van der Waals surface area contributed by atoms with Crippen LogP contribution in [0.2, 0.25) is 0 Å². The van der Waals surface area contributed by atoms with Gasteiger partial charge in [0.1, 0.15) is 0 Å². The summed E-state index contributed by atoms with van der Waals surface area (Å²) in [7, 11) is 4.29. The van der Waals surface area contributed by atoms with Crippen LogP contribution in [0.5, 0.6) is 0 Å². The van der Waals surface area contributed by atoms with Crippen molar-refractivity contribution in [2.24, 2.45) is 0 Å². The summed E-state index contributed by atoms with van der Waals surface area (Å²) >= 11 is 0. The highest BCUT2D eigenvalue weighted by molar-refractivity contribution is 5.96. The molecule has 3 rings (SSSR count). The Labute approximate surface area is 190 Å². The van der Waals surface area contributed by atoms with Crippen molar-refractivity contribution in [2.45, 2.75) is 38.1 Å². The number of carbonyl (C=O) groups excluding carboxylic acids is 2. The SMILES string of the molecule is CC(CC(=O)c1ccc(N2CCC(N(C)C)CC2)cc1)c1ccc(/C=C/C(=O)NO)cc1. The molecule has 1 fully saturated rings. The lowest BCUT2D eigenvalue weighted by Crippen LogP contribution is -2.41. The van der Waals surface area contributed by atoms with E-state index in [-0.39, 0.29) is 11.7 Å². The molecule has 6 heteroatoms. The summed E-state index contributed by atoms with van der Waals surface area (Å²) < 4.78 is 0. The Morgan fingerprint density at radius 3 is 2.28 bits per heavy atom. The first-order valence-corrected chi connectivity index (χ1v) is 11.1. The molecule has 6 nitrogen and oxygen atoms in total. The molecule has 0 bridgehead atoms. The van der Waals surface area contributed by atoms with Crippen molar-refractivity contribution in [3.05, 3.63) is 71.3 Å². The first-order chi connectivity index (χ1) is 15.4. The maximum absolute atomic E-state index is 12.8. The van der Waals surface area contributed by atoms with Gasteiger partial charge in [-0.1, -0.05) is 31.2 Å². The van der Waals surface area contributed by atoms with Crippen molar-refractivity contribution >= 4 is 23.5 Å². The molecule has 0 aromatic heterocycles. The fourth-order valence-electron chi connectivity index (χ4n) is 4.16. The number of nitrogens with zero attached hydrogens (tertiary/aromatic N) is 2. The lowest BCUT2D eigenvalue weighted by atomic mass is 9.92. The standard InChI is InChI=1S/C26H33N3O3/c1-19(21-7-4-20(5-8-21)6-13-26(31)27-32)18-25(30)22-9-11-24(12-10-22)29-16-14-23(15-17-29)28(2)3/h4-13,19,23,32H,14-18H2,1-3H3,(H,27,31)/b13-6+. The lowest BCUT2D eigenvalue weighted by molar-refractivity contribution is -0.124. The zero-order valence-electron chi connectivity index (χ0n) is 19.1. The fourth-order valence-corrected chi connectivity index (χ4v) is 4.16. The van der Waals surface area contributed by atoms with Crippen molar-refractivity contribution < 1.29 is 14.8 Å². The number of benzene rings is 2. The Bertz CT molecular complexity index is 928. The lowest BCUT2D eigenvalue weighted by Gasteiger charge is -2.36. The minimum absolute atomic E-state index is 0.0889. The van der Waals surface area contributed by atoms with Gasteiger partial charge in [0, 0.05) is 42.9 Å². The number of nitrogens with one attached hydrogen (secondary N) is 1. The molecule has 1 atom stereocenters. The van der Waals surface area contributed by atoms with Gasteiger partial charge in [-0.05, 0) is 74.3 Å². The molecule has 0 saturated carbocycles. The molecule has 1 aliphatic rings. The second-order valence-corrected chi connectivity index (χ2v) is 8.73. The molecule has 0 spiro atoms. The Hall–Kier alpha value is -2.96. The van der Waals surface area contributed by atoms with Crippen molar-refractivity contribution in [1.29, 1.82) is 0 Å². The monoisotopic (exact) mass is 435 g/mol. The summed E-state index contributed by atoms with van der Waals surface area (Å²) in [6.07, 6.45) is 5.64. The number of piperidine rings is 1. The number of hydroxylamine groups is 1. The van der Waals surface area contributed by atoms with E-state index in [4.69, 9.17) is 5.21 Å². The van der Waals surface area contributed by atoms with Gasteiger partial charge in [0.05, 0.1) is 0 Å². The van der Waals surface area contributed by atoms with E-state index in [1.165, 1.54) is 11.8 Å². The molecule has 1 heterocycles. The molecule has 2 aromatic carbocycles. The number of carbonyl (C=O) groups is 2. The van der Waals surface area contributed by atoms with Gasteiger partial charge in [-0.25, -0.2) is 5.48 Å². The van der Waals surface area contributed by atoms with E-state index in [1.807, 2.05) is 43.3 Å². The largest absolute Gasteiger partial charge is 0.371 e. The summed E-state index contributed by atoms with van der Waals surface area (Å²) in [4.78, 5) is 28.6. The zero-order chi connectivity index (χ0) is 23.1. The van der Waals surface area contributed by atoms with Gasteiger partial charge in [0.15, 0.2) is 5.78 Å². The van der Waals surface area contributed by atoms with Crippen molar-refractivity contribution in [3.63, 3.8) is 0 Å². The number of hydrogen-bond acceptors (Lipinski definition) is 5. The molecule has 1 unspecified atom stereocenters. The van der Waals surface area contributed by atoms with Crippen LogP contribution in [-0.2, 0) is 4.79 Å². The summed E-state index contributed by atoms with van der Waals surface area (Å²) in [5.74, 6) is -0.345. The highest BCUT2D eigenvalue weighted by Crippen LogP contribution is 2.25. The second-order valence-electron chi connectivity index (χ2n) is 8.73. The van der Waals surface area contributed by atoms with Gasteiger partial charge in [-0.2, -0.15) is 0 Å². The average Bonchev–Trinajstić information content (AvgIpc) is 2.82. The molecule has 2 N–H and O–H groups in total. The Morgan fingerprint density at radius 2 is 1.72 bits per heavy atom. The first-order valence-electron chi connectivity index (χ1n) is 11.1. The molecule has 170 valence electrons. The third kappa shape index (κ3) is 6.28. The molecule has 2 aromatic rings. The third-order valence-electron chi connectivity index (χ3n) is 6.28. The maximum atomic E-state index is 12.8. The number of amides is 1. The highest BCUT2D eigenvalue weighted by Gasteiger charge is 2.21. The zero-order valence-corrected chi connectivity index (χ0v) is 19.1. The van der Waals surface area contributed by atoms with Crippen LogP contribution in [-0.4, -0.2) is 55.0 Å². The van der Waals surface area contributed by atoms with E-state index in [0.29, 0.717) is 12.5 Å². The molecule has 0 radical (unpaired) electrons. The van der Waals surface area contributed by atoms with Gasteiger partial charge in [0.25, 0.3) is 5.91 Å². The van der Waals surface area contributed by atoms with Crippen LogP contribution in [0.4, 0.5) is 5.69 Å². The van der Waals surface area contributed by atoms with E-state index >= 15 is 0 Å². The molecule has 32 heavy (non-hydrogen) atoms. The second kappa shape index (κ2) is 11.1. The van der Waals surface area contributed by atoms with Crippen LogP contribution in [0.3, 0.4) is 0 Å². The molecule has 1 saturated heterocycles. The average molecular weight is 436 g/mol. The van der Waals surface area contributed by atoms with E-state index < -0.39 is 5.91 Å². The van der Waals surface area contributed by atoms with Crippen LogP contribution in [0.25, 0.3) is 6.08 Å². The van der Waals surface area contributed by atoms with Crippen LogP contribution >= 0.6 is 0 Å². The molecular weight excluding hydrogens is 402 g/mol. The predicted molar refractivity (Wildman–Crippen MR) is 128 cm³/mol. The number of Topliss-reactive ketones (excluding diaryl/α,β-unsaturated/α-hetero) is 1. The van der Waals surface area contributed by atoms with E-state index in [0.717, 1.165) is 42.6 Å². The van der Waals surface area contributed by atoms with Gasteiger partial charge in [-0.3, -0.25) is 14.8 Å². The molecule has 1 amide bonds. The van der Waals surface area contributed by atoms with Crippen molar-refractivity contribution in [1.82, 2.24) is 10.4 Å². The Balaban J connectivity index is 1.55. The van der Waals surface area contributed by atoms with E-state index in [2.05, 4.69) is 36.0 Å². The third-order valence-corrected chi connectivity index (χ3v) is 6.28. The minimum atomic E-state index is -0.572. The van der Waals surface area contributed by atoms with Crippen LogP contribution in [0.15, 0.2) is 54.6 Å².